The zero-order chi connectivity index (χ0) is 12.9. The number of hydrogen-bond acceptors (Lipinski definition) is 5. The summed E-state index contributed by atoms with van der Waals surface area (Å²) < 4.78 is 5.44. The number of aromatic nitrogens is 1. The Hall–Kier alpha value is -1.69. The Morgan fingerprint density at radius 3 is 2.71 bits per heavy atom. The summed E-state index contributed by atoms with van der Waals surface area (Å²) >= 11 is 0. The van der Waals surface area contributed by atoms with Crippen molar-refractivity contribution in [3.63, 3.8) is 0 Å². The molecule has 0 fully saturated rings. The molecular formula is C11H17N3O3. The van der Waals surface area contributed by atoms with Crippen LogP contribution in [-0.2, 0) is 0 Å². The average molecular weight is 239 g/mol. The lowest BCUT2D eigenvalue weighted by Crippen LogP contribution is -2.44. The van der Waals surface area contributed by atoms with Crippen LogP contribution >= 0.6 is 0 Å². The van der Waals surface area contributed by atoms with E-state index in [-0.39, 0.29) is 18.0 Å². The van der Waals surface area contributed by atoms with Crippen LogP contribution in [-0.4, -0.2) is 22.1 Å². The third kappa shape index (κ3) is 3.39. The zero-order valence-corrected chi connectivity index (χ0v) is 10.0. The van der Waals surface area contributed by atoms with Gasteiger partial charge in [0, 0.05) is 17.8 Å². The predicted molar refractivity (Wildman–Crippen MR) is 63.9 cm³/mol. The Balaban J connectivity index is 2.79. The summed E-state index contributed by atoms with van der Waals surface area (Å²) in [4.78, 5) is 13.9. The van der Waals surface area contributed by atoms with Gasteiger partial charge in [-0.05, 0) is 12.8 Å². The van der Waals surface area contributed by atoms with Crippen LogP contribution in [0.15, 0.2) is 18.5 Å². The van der Waals surface area contributed by atoms with Gasteiger partial charge in [-0.1, -0.05) is 13.8 Å². The molecular weight excluding hydrogens is 222 g/mol. The van der Waals surface area contributed by atoms with Crippen molar-refractivity contribution in [3.05, 3.63) is 28.6 Å². The number of ether oxygens (including phenoxy) is 1. The van der Waals surface area contributed by atoms with Gasteiger partial charge in [0.05, 0.1) is 4.92 Å². The van der Waals surface area contributed by atoms with E-state index >= 15 is 0 Å². The SMILES string of the molecule is CCC(N)(CC)COc1ccncc1[N+](=O)[O-]. The third-order valence-electron chi connectivity index (χ3n) is 2.88. The molecule has 0 aromatic carbocycles. The maximum Gasteiger partial charge on any atom is 0.329 e. The van der Waals surface area contributed by atoms with Gasteiger partial charge in [0.25, 0.3) is 0 Å². The Kier molecular flexibility index (Phi) is 4.39. The molecule has 2 N–H and O–H groups in total. The Bertz CT molecular complexity index is 391. The van der Waals surface area contributed by atoms with E-state index in [2.05, 4.69) is 4.98 Å². The Morgan fingerprint density at radius 1 is 1.53 bits per heavy atom. The smallest absolute Gasteiger partial charge is 0.329 e. The lowest BCUT2D eigenvalue weighted by molar-refractivity contribution is -0.386. The van der Waals surface area contributed by atoms with Crippen molar-refractivity contribution >= 4 is 5.69 Å². The maximum absolute atomic E-state index is 10.7. The second-order valence-corrected chi connectivity index (χ2v) is 3.96. The highest BCUT2D eigenvalue weighted by Gasteiger charge is 2.23. The van der Waals surface area contributed by atoms with Gasteiger partial charge in [-0.3, -0.25) is 15.1 Å². The van der Waals surface area contributed by atoms with E-state index in [1.165, 1.54) is 18.5 Å². The zero-order valence-electron chi connectivity index (χ0n) is 10.0. The van der Waals surface area contributed by atoms with Gasteiger partial charge in [0.2, 0.25) is 0 Å². The molecule has 0 aliphatic rings. The fraction of sp³-hybridized carbons (Fsp3) is 0.545. The summed E-state index contributed by atoms with van der Waals surface area (Å²) in [5.74, 6) is 0.210. The van der Waals surface area contributed by atoms with Crippen LogP contribution in [0.1, 0.15) is 26.7 Å². The van der Waals surface area contributed by atoms with E-state index < -0.39 is 10.5 Å². The Labute approximate surface area is 99.9 Å². The third-order valence-corrected chi connectivity index (χ3v) is 2.88. The monoisotopic (exact) mass is 239 g/mol. The highest BCUT2D eigenvalue weighted by molar-refractivity contribution is 5.43. The van der Waals surface area contributed by atoms with Crippen LogP contribution < -0.4 is 10.5 Å². The number of pyridine rings is 1. The molecule has 0 saturated carbocycles. The van der Waals surface area contributed by atoms with Crippen molar-refractivity contribution < 1.29 is 9.66 Å². The number of hydrogen-bond donors (Lipinski definition) is 1. The molecule has 0 spiro atoms. The molecule has 0 radical (unpaired) electrons. The first-order valence-electron chi connectivity index (χ1n) is 5.52. The van der Waals surface area contributed by atoms with Crippen LogP contribution in [0.2, 0.25) is 0 Å². The minimum atomic E-state index is -0.515. The van der Waals surface area contributed by atoms with E-state index in [0.29, 0.717) is 0 Å². The quantitative estimate of drug-likeness (QED) is 0.604. The minimum Gasteiger partial charge on any atom is -0.485 e. The first-order valence-corrected chi connectivity index (χ1v) is 5.52. The first-order chi connectivity index (χ1) is 8.02. The molecule has 1 heterocycles. The number of rotatable bonds is 6. The van der Waals surface area contributed by atoms with E-state index in [9.17, 15) is 10.1 Å². The van der Waals surface area contributed by atoms with E-state index in [1.54, 1.807) is 0 Å². The number of nitrogens with two attached hydrogens (primary N) is 1. The molecule has 0 aliphatic heterocycles. The highest BCUT2D eigenvalue weighted by Crippen LogP contribution is 2.26. The van der Waals surface area contributed by atoms with Crippen molar-refractivity contribution in [2.45, 2.75) is 32.2 Å². The molecule has 0 bridgehead atoms. The van der Waals surface area contributed by atoms with Crippen LogP contribution in [0, 0.1) is 10.1 Å². The van der Waals surface area contributed by atoms with Crippen molar-refractivity contribution in [2.75, 3.05) is 6.61 Å². The summed E-state index contributed by atoms with van der Waals surface area (Å²) in [5.41, 5.74) is 5.48. The predicted octanol–water partition coefficient (Wildman–Crippen LogP) is 1.89. The van der Waals surface area contributed by atoms with Crippen molar-refractivity contribution in [2.24, 2.45) is 5.73 Å². The number of nitro groups is 1. The van der Waals surface area contributed by atoms with Crippen LogP contribution in [0.4, 0.5) is 5.69 Å². The minimum absolute atomic E-state index is 0.137. The van der Waals surface area contributed by atoms with Crippen LogP contribution in [0.25, 0.3) is 0 Å². The second kappa shape index (κ2) is 5.58. The van der Waals surface area contributed by atoms with Crippen molar-refractivity contribution in [3.8, 4) is 5.75 Å². The molecule has 1 aromatic rings. The van der Waals surface area contributed by atoms with E-state index in [1.807, 2.05) is 13.8 Å². The molecule has 1 rings (SSSR count). The summed E-state index contributed by atoms with van der Waals surface area (Å²) in [7, 11) is 0. The van der Waals surface area contributed by atoms with E-state index in [0.717, 1.165) is 12.8 Å². The fourth-order valence-electron chi connectivity index (χ4n) is 1.31. The summed E-state index contributed by atoms with van der Waals surface area (Å²) in [5, 5.41) is 10.7. The number of nitrogens with zero attached hydrogens (tertiary/aromatic N) is 2. The van der Waals surface area contributed by atoms with Crippen LogP contribution in [0.5, 0.6) is 5.75 Å². The van der Waals surface area contributed by atoms with Gasteiger partial charge in [0.1, 0.15) is 12.8 Å². The summed E-state index contributed by atoms with van der Waals surface area (Å²) in [6.07, 6.45) is 4.13. The molecule has 0 aliphatic carbocycles. The normalized spacial score (nSPS) is 11.2. The fourth-order valence-corrected chi connectivity index (χ4v) is 1.31. The van der Waals surface area contributed by atoms with Gasteiger partial charge >= 0.3 is 5.69 Å². The highest BCUT2D eigenvalue weighted by atomic mass is 16.6. The van der Waals surface area contributed by atoms with E-state index in [4.69, 9.17) is 10.5 Å². The second-order valence-electron chi connectivity index (χ2n) is 3.96. The lowest BCUT2D eigenvalue weighted by atomic mass is 9.96. The standard InChI is InChI=1S/C11H17N3O3/c1-3-11(12,4-2)8-17-10-5-6-13-7-9(10)14(15)16/h5-7H,3-4,8,12H2,1-2H3. The van der Waals surface area contributed by atoms with Gasteiger partial charge in [-0.2, -0.15) is 0 Å². The topological polar surface area (TPSA) is 91.3 Å². The van der Waals surface area contributed by atoms with Crippen LogP contribution in [0.3, 0.4) is 0 Å². The molecule has 0 unspecified atom stereocenters. The average Bonchev–Trinajstić information content (AvgIpc) is 2.36. The van der Waals surface area contributed by atoms with Crippen molar-refractivity contribution in [1.82, 2.24) is 4.98 Å². The summed E-state index contributed by atoms with van der Waals surface area (Å²) in [6, 6.07) is 1.48. The molecule has 0 saturated heterocycles. The maximum atomic E-state index is 10.7. The van der Waals surface area contributed by atoms with Gasteiger partial charge in [-0.25, -0.2) is 0 Å². The summed E-state index contributed by atoms with van der Waals surface area (Å²) in [6.45, 7) is 4.19. The van der Waals surface area contributed by atoms with Gasteiger partial charge in [0.15, 0.2) is 5.75 Å². The Morgan fingerprint density at radius 2 is 2.18 bits per heavy atom. The lowest BCUT2D eigenvalue weighted by Gasteiger charge is -2.26. The molecule has 94 valence electrons. The molecule has 6 nitrogen and oxygen atoms in total. The molecule has 17 heavy (non-hydrogen) atoms. The largest absolute Gasteiger partial charge is 0.485 e. The van der Waals surface area contributed by atoms with Gasteiger partial charge in [-0.15, -0.1) is 0 Å². The van der Waals surface area contributed by atoms with Crippen molar-refractivity contribution in [1.29, 1.82) is 0 Å². The van der Waals surface area contributed by atoms with Gasteiger partial charge < -0.3 is 10.5 Å². The molecule has 6 heteroatoms. The molecule has 0 atom stereocenters. The molecule has 0 amide bonds. The molecule has 1 aromatic heterocycles. The first kappa shape index (κ1) is 13.4.